The van der Waals surface area contributed by atoms with Crippen LogP contribution in [0.3, 0.4) is 0 Å². The summed E-state index contributed by atoms with van der Waals surface area (Å²) in [5.74, 6) is 0. The molecule has 0 aliphatic heterocycles. The zero-order chi connectivity index (χ0) is 0. The summed E-state index contributed by atoms with van der Waals surface area (Å²) in [4.78, 5) is 0. The van der Waals surface area contributed by atoms with Crippen LogP contribution in [0.5, 0.6) is 0 Å². The zero-order valence-corrected chi connectivity index (χ0v) is 13.9. The number of hydrogen-bond donors (Lipinski definition) is 0. The van der Waals surface area contributed by atoms with Gasteiger partial charge in [0.05, 0.1) is 0 Å². The van der Waals surface area contributed by atoms with Crippen molar-refractivity contribution in [1.29, 1.82) is 0 Å². The number of hydrogen-bond acceptors (Lipinski definition) is 0. The minimum Gasteiger partial charge on any atom is 0 e. The second kappa shape index (κ2) is 38.5. The summed E-state index contributed by atoms with van der Waals surface area (Å²) >= 11 is 0. The molecule has 12 radical (unpaired) electrons. The molecule has 0 nitrogen and oxygen atoms in total. The first-order valence-corrected chi connectivity index (χ1v) is 0. The molecule has 0 atom stereocenters. The van der Waals surface area contributed by atoms with Gasteiger partial charge in [-0.1, -0.05) is 0 Å². The monoisotopic (exact) mass is 460 g/mol. The molecular formula is AgCuGeSSnZn. The first kappa shape index (κ1) is 55.1. The third kappa shape index (κ3) is 25.6. The van der Waals surface area contributed by atoms with Crippen molar-refractivity contribution in [2.75, 3.05) is 0 Å². The molecule has 0 bridgehead atoms. The van der Waals surface area contributed by atoms with Crippen molar-refractivity contribution in [1.82, 2.24) is 0 Å². The third-order valence-electron chi connectivity index (χ3n) is 0. The van der Waals surface area contributed by atoms with Gasteiger partial charge in [0.2, 0.25) is 0 Å². The normalized spacial score (nSPS) is 0. The molecule has 6 heteroatoms. The van der Waals surface area contributed by atoms with Gasteiger partial charge in [-0.2, -0.15) is 0 Å². The Hall–Kier alpha value is 3.57. The molecule has 0 fully saturated rings. The standard InChI is InChI=1S/Ag.Cu.Ge.S.Sn.Zn. The van der Waals surface area contributed by atoms with E-state index in [2.05, 4.69) is 0 Å². The average Bonchev–Trinajstić information content (AvgIpc) is 0. The van der Waals surface area contributed by atoms with Crippen LogP contribution in [0.1, 0.15) is 0 Å². The molecule has 0 spiro atoms. The Balaban J connectivity index is 0. The van der Waals surface area contributed by atoms with E-state index in [-0.39, 0.29) is 114 Å². The molecule has 38 valence electrons. The van der Waals surface area contributed by atoms with E-state index < -0.39 is 0 Å². The topological polar surface area (TPSA) is 0 Å². The summed E-state index contributed by atoms with van der Waals surface area (Å²) < 4.78 is 0. The van der Waals surface area contributed by atoms with Crippen LogP contribution in [-0.4, -0.2) is 41.5 Å². The van der Waals surface area contributed by atoms with E-state index in [0.717, 1.165) is 0 Å². The van der Waals surface area contributed by atoms with Crippen molar-refractivity contribution in [2.45, 2.75) is 0 Å². The Labute approximate surface area is 112 Å². The number of rotatable bonds is 0. The maximum absolute atomic E-state index is 0. The maximum Gasteiger partial charge on any atom is 0 e. The fourth-order valence-corrected chi connectivity index (χ4v) is 0. The predicted octanol–water partition coefficient (Wildman–Crippen LogP) is -0.121. The van der Waals surface area contributed by atoms with E-state index in [1.165, 1.54) is 0 Å². The van der Waals surface area contributed by atoms with Gasteiger partial charge in [0.15, 0.2) is 0 Å². The molecule has 0 saturated carbocycles. The third-order valence-corrected chi connectivity index (χ3v) is 0. The molecule has 0 aromatic carbocycles. The van der Waals surface area contributed by atoms with Crippen LogP contribution in [0.4, 0.5) is 0 Å². The second-order valence-corrected chi connectivity index (χ2v) is 0. The largest absolute Gasteiger partial charge is 0 e. The maximum atomic E-state index is 0. The van der Waals surface area contributed by atoms with E-state index in [9.17, 15) is 0 Å². The summed E-state index contributed by atoms with van der Waals surface area (Å²) in [6.45, 7) is 0. The van der Waals surface area contributed by atoms with Crippen molar-refractivity contribution in [3.05, 3.63) is 0 Å². The molecule has 0 rings (SSSR count). The Bertz CT molecular complexity index is 15.5. The molecule has 0 amide bonds. The molecular weight excluding hydrogens is 460 g/mol. The first-order chi connectivity index (χ1) is 0. The quantitative estimate of drug-likeness (QED) is 0.443. The van der Waals surface area contributed by atoms with E-state index >= 15 is 0 Å². The van der Waals surface area contributed by atoms with Gasteiger partial charge in [-0.3, -0.25) is 0 Å². The summed E-state index contributed by atoms with van der Waals surface area (Å²) in [6, 6.07) is 0. The van der Waals surface area contributed by atoms with Crippen LogP contribution < -0.4 is 0 Å². The summed E-state index contributed by atoms with van der Waals surface area (Å²) in [6.07, 6.45) is 0. The van der Waals surface area contributed by atoms with Crippen molar-refractivity contribution in [3.8, 4) is 0 Å². The fourth-order valence-electron chi connectivity index (χ4n) is 0. The van der Waals surface area contributed by atoms with Crippen LogP contribution in [0.2, 0.25) is 0 Å². The minimum atomic E-state index is 0. The van der Waals surface area contributed by atoms with Crippen LogP contribution in [-0.2, 0) is 58.9 Å². The van der Waals surface area contributed by atoms with Gasteiger partial charge in [0.25, 0.3) is 0 Å². The van der Waals surface area contributed by atoms with E-state index in [4.69, 9.17) is 0 Å². The summed E-state index contributed by atoms with van der Waals surface area (Å²) in [5, 5.41) is 0. The van der Waals surface area contributed by atoms with Gasteiger partial charge in [0.1, 0.15) is 0 Å². The molecule has 0 saturated heterocycles. The van der Waals surface area contributed by atoms with Gasteiger partial charge in [-0.05, 0) is 0 Å². The molecule has 0 aromatic heterocycles. The van der Waals surface area contributed by atoms with Crippen molar-refractivity contribution >= 4 is 55.0 Å². The Morgan fingerprint density at radius 3 is 1.00 bits per heavy atom. The van der Waals surface area contributed by atoms with E-state index in [1.54, 1.807) is 0 Å². The second-order valence-electron chi connectivity index (χ2n) is 0. The van der Waals surface area contributed by atoms with Gasteiger partial charge in [0, 0.05) is 114 Å². The van der Waals surface area contributed by atoms with Crippen molar-refractivity contribution in [2.24, 2.45) is 0 Å². The Morgan fingerprint density at radius 1 is 1.00 bits per heavy atom. The van der Waals surface area contributed by atoms with Gasteiger partial charge in [-0.15, -0.1) is 0 Å². The van der Waals surface area contributed by atoms with Gasteiger partial charge < -0.3 is 0 Å². The predicted molar refractivity (Wildman–Crippen MR) is 19.1 cm³/mol. The van der Waals surface area contributed by atoms with Crippen LogP contribution in [0.15, 0.2) is 0 Å². The van der Waals surface area contributed by atoms with Crippen LogP contribution >= 0.6 is 13.5 Å². The molecule has 0 heterocycles. The summed E-state index contributed by atoms with van der Waals surface area (Å²) in [5.41, 5.74) is 0. The summed E-state index contributed by atoms with van der Waals surface area (Å²) in [7, 11) is 0. The van der Waals surface area contributed by atoms with Crippen molar-refractivity contribution in [3.63, 3.8) is 0 Å². The van der Waals surface area contributed by atoms with Gasteiger partial charge in [-0.25, -0.2) is 0 Å². The van der Waals surface area contributed by atoms with Gasteiger partial charge >= 0.3 is 0 Å². The van der Waals surface area contributed by atoms with Crippen LogP contribution in [0, 0.1) is 0 Å². The molecule has 0 aromatic rings. The molecule has 6 heavy (non-hydrogen) atoms. The first-order valence-electron chi connectivity index (χ1n) is 0. The Morgan fingerprint density at radius 2 is 1.00 bits per heavy atom. The zero-order valence-electron chi connectivity index (χ0n) is 2.72. The van der Waals surface area contributed by atoms with Crippen molar-refractivity contribution < 1.29 is 58.9 Å². The minimum absolute atomic E-state index is 0. The molecule has 0 unspecified atom stereocenters. The fraction of sp³-hybridized carbons (Fsp3) is 0. The average molecular weight is 460 g/mol. The molecule has 0 aliphatic rings. The molecule has 0 aliphatic carbocycles. The van der Waals surface area contributed by atoms with Crippen LogP contribution in [0.25, 0.3) is 0 Å². The smallest absolute Gasteiger partial charge is 0 e. The Kier molecular flexibility index (Phi) is 354. The SMILES string of the molecule is [Ag].[Cu].[Ge].[S].[Sn].[Zn]. The molecule has 0 N–H and O–H groups in total. The van der Waals surface area contributed by atoms with E-state index in [0.29, 0.717) is 0 Å². The van der Waals surface area contributed by atoms with E-state index in [1.807, 2.05) is 0 Å².